The van der Waals surface area contributed by atoms with E-state index in [0.29, 0.717) is 18.4 Å². The van der Waals surface area contributed by atoms with Crippen molar-refractivity contribution in [3.05, 3.63) is 29.3 Å². The maximum atomic E-state index is 10.7. The van der Waals surface area contributed by atoms with E-state index in [1.807, 2.05) is 0 Å². The first kappa shape index (κ1) is 12.9. The molecule has 1 N–H and O–H groups in total. The van der Waals surface area contributed by atoms with Crippen molar-refractivity contribution in [2.75, 3.05) is 11.4 Å². The van der Waals surface area contributed by atoms with Crippen molar-refractivity contribution < 1.29 is 9.90 Å². The normalized spacial score (nSPS) is 18.2. The molecule has 1 atom stereocenters. The average Bonchev–Trinajstić information content (AvgIpc) is 2.65. The van der Waals surface area contributed by atoms with E-state index in [2.05, 4.69) is 43.9 Å². The Labute approximate surface area is 108 Å². The summed E-state index contributed by atoms with van der Waals surface area (Å²) in [5.74, 6) is -0.193. The standard InChI is InChI=1S/C15H21NO2/c1-10(2)16-9-11(3)13-6-4-5-12(15(13)16)7-8-14(17)18/h4-6,10-11H,7-9H2,1-3H3,(H,17,18). The third-order valence-corrected chi connectivity index (χ3v) is 3.67. The van der Waals surface area contributed by atoms with E-state index < -0.39 is 5.97 Å². The van der Waals surface area contributed by atoms with Crippen molar-refractivity contribution in [2.24, 2.45) is 0 Å². The highest BCUT2D eigenvalue weighted by Crippen LogP contribution is 2.40. The fraction of sp³-hybridized carbons (Fsp3) is 0.533. The van der Waals surface area contributed by atoms with Crippen LogP contribution in [0.1, 0.15) is 44.2 Å². The summed E-state index contributed by atoms with van der Waals surface area (Å²) in [5.41, 5.74) is 3.82. The highest BCUT2D eigenvalue weighted by Gasteiger charge is 2.29. The molecule has 0 bridgehead atoms. The second-order valence-corrected chi connectivity index (χ2v) is 5.40. The molecule has 0 fully saturated rings. The maximum absolute atomic E-state index is 10.7. The van der Waals surface area contributed by atoms with Crippen LogP contribution in [0, 0.1) is 0 Å². The Morgan fingerprint density at radius 1 is 1.50 bits per heavy atom. The molecule has 0 amide bonds. The Balaban J connectivity index is 2.35. The first-order valence-electron chi connectivity index (χ1n) is 6.61. The van der Waals surface area contributed by atoms with Gasteiger partial charge in [0.1, 0.15) is 0 Å². The van der Waals surface area contributed by atoms with Crippen LogP contribution < -0.4 is 4.90 Å². The SMILES string of the molecule is CC1CN(C(C)C)c2c(CCC(=O)O)cccc21. The van der Waals surface area contributed by atoms with Gasteiger partial charge in [-0.05, 0) is 31.4 Å². The van der Waals surface area contributed by atoms with E-state index in [1.54, 1.807) is 0 Å². The van der Waals surface area contributed by atoms with Gasteiger partial charge < -0.3 is 10.0 Å². The number of aliphatic carboxylic acids is 1. The zero-order chi connectivity index (χ0) is 13.3. The van der Waals surface area contributed by atoms with Crippen LogP contribution in [0.2, 0.25) is 0 Å². The van der Waals surface area contributed by atoms with Gasteiger partial charge in [0, 0.05) is 30.6 Å². The average molecular weight is 247 g/mol. The molecular weight excluding hydrogens is 226 g/mol. The van der Waals surface area contributed by atoms with Crippen LogP contribution in [-0.2, 0) is 11.2 Å². The molecule has 3 heteroatoms. The number of nitrogens with zero attached hydrogens (tertiary/aromatic N) is 1. The van der Waals surface area contributed by atoms with Gasteiger partial charge in [-0.25, -0.2) is 0 Å². The molecule has 0 aliphatic carbocycles. The van der Waals surface area contributed by atoms with Gasteiger partial charge in [-0.15, -0.1) is 0 Å². The van der Waals surface area contributed by atoms with Crippen LogP contribution in [-0.4, -0.2) is 23.7 Å². The van der Waals surface area contributed by atoms with Crippen molar-refractivity contribution in [3.63, 3.8) is 0 Å². The van der Waals surface area contributed by atoms with Gasteiger partial charge in [-0.2, -0.15) is 0 Å². The Morgan fingerprint density at radius 3 is 2.83 bits per heavy atom. The van der Waals surface area contributed by atoms with E-state index in [1.165, 1.54) is 16.8 Å². The van der Waals surface area contributed by atoms with Crippen LogP contribution in [0.25, 0.3) is 0 Å². The lowest BCUT2D eigenvalue weighted by Crippen LogP contribution is -2.29. The number of carboxylic acid groups (broad SMARTS) is 1. The van der Waals surface area contributed by atoms with Crippen molar-refractivity contribution in [1.29, 1.82) is 0 Å². The third-order valence-electron chi connectivity index (χ3n) is 3.67. The molecule has 1 aliphatic rings. The number of anilines is 1. The van der Waals surface area contributed by atoms with Crippen LogP contribution in [0.15, 0.2) is 18.2 Å². The van der Waals surface area contributed by atoms with Gasteiger partial charge in [0.2, 0.25) is 0 Å². The van der Waals surface area contributed by atoms with Crippen molar-refractivity contribution in [1.82, 2.24) is 0 Å². The summed E-state index contributed by atoms with van der Waals surface area (Å²) >= 11 is 0. The molecule has 3 nitrogen and oxygen atoms in total. The number of carboxylic acids is 1. The quantitative estimate of drug-likeness (QED) is 0.889. The fourth-order valence-electron chi connectivity index (χ4n) is 2.76. The summed E-state index contributed by atoms with van der Waals surface area (Å²) in [7, 11) is 0. The van der Waals surface area contributed by atoms with E-state index in [4.69, 9.17) is 5.11 Å². The summed E-state index contributed by atoms with van der Waals surface area (Å²) < 4.78 is 0. The molecule has 0 saturated carbocycles. The molecule has 0 spiro atoms. The van der Waals surface area contributed by atoms with E-state index >= 15 is 0 Å². The Morgan fingerprint density at radius 2 is 2.22 bits per heavy atom. The summed E-state index contributed by atoms with van der Waals surface area (Å²) in [6, 6.07) is 6.75. The molecule has 0 saturated heterocycles. The lowest BCUT2D eigenvalue weighted by molar-refractivity contribution is -0.136. The first-order chi connectivity index (χ1) is 8.50. The number of aryl methyl sites for hydroxylation is 1. The second-order valence-electron chi connectivity index (χ2n) is 5.40. The van der Waals surface area contributed by atoms with Gasteiger partial charge in [0.25, 0.3) is 0 Å². The highest BCUT2D eigenvalue weighted by molar-refractivity contribution is 5.70. The fourth-order valence-corrected chi connectivity index (χ4v) is 2.76. The van der Waals surface area contributed by atoms with Crippen molar-refractivity contribution >= 4 is 11.7 Å². The molecule has 0 aromatic heterocycles. The number of para-hydroxylation sites is 1. The second kappa shape index (κ2) is 5.01. The first-order valence-corrected chi connectivity index (χ1v) is 6.61. The highest BCUT2D eigenvalue weighted by atomic mass is 16.4. The number of hydrogen-bond donors (Lipinski definition) is 1. The summed E-state index contributed by atoms with van der Waals surface area (Å²) in [6.07, 6.45) is 0.825. The molecule has 1 aromatic rings. The summed E-state index contributed by atoms with van der Waals surface area (Å²) in [5, 5.41) is 8.84. The number of benzene rings is 1. The van der Waals surface area contributed by atoms with Gasteiger partial charge in [-0.3, -0.25) is 4.79 Å². The van der Waals surface area contributed by atoms with Crippen LogP contribution in [0.4, 0.5) is 5.69 Å². The Bertz CT molecular complexity index is 454. The van der Waals surface area contributed by atoms with Crippen molar-refractivity contribution in [2.45, 2.75) is 45.6 Å². The van der Waals surface area contributed by atoms with Gasteiger partial charge in [-0.1, -0.05) is 25.1 Å². The monoisotopic (exact) mass is 247 g/mol. The molecule has 1 aromatic carbocycles. The molecule has 1 heterocycles. The number of rotatable bonds is 4. The predicted octanol–water partition coefficient (Wildman–Crippen LogP) is 3.04. The minimum atomic E-state index is -0.727. The topological polar surface area (TPSA) is 40.5 Å². The van der Waals surface area contributed by atoms with Gasteiger partial charge >= 0.3 is 5.97 Å². The lowest BCUT2D eigenvalue weighted by atomic mass is 9.98. The zero-order valence-electron chi connectivity index (χ0n) is 11.3. The molecule has 0 radical (unpaired) electrons. The van der Waals surface area contributed by atoms with Crippen molar-refractivity contribution in [3.8, 4) is 0 Å². The molecule has 1 unspecified atom stereocenters. The Kier molecular flexibility index (Phi) is 3.60. The van der Waals surface area contributed by atoms with Crippen LogP contribution in [0.3, 0.4) is 0 Å². The number of fused-ring (bicyclic) bond motifs is 1. The molecule has 98 valence electrons. The van der Waals surface area contributed by atoms with Gasteiger partial charge in [0.05, 0.1) is 0 Å². The minimum Gasteiger partial charge on any atom is -0.481 e. The zero-order valence-corrected chi connectivity index (χ0v) is 11.3. The van der Waals surface area contributed by atoms with E-state index in [0.717, 1.165) is 6.54 Å². The Hall–Kier alpha value is -1.51. The molecule has 18 heavy (non-hydrogen) atoms. The van der Waals surface area contributed by atoms with Gasteiger partial charge in [0.15, 0.2) is 0 Å². The van der Waals surface area contributed by atoms with E-state index in [-0.39, 0.29) is 6.42 Å². The number of hydrogen-bond acceptors (Lipinski definition) is 2. The predicted molar refractivity (Wildman–Crippen MR) is 73.3 cm³/mol. The molecular formula is C15H21NO2. The lowest BCUT2D eigenvalue weighted by Gasteiger charge is -2.26. The van der Waals surface area contributed by atoms with E-state index in [9.17, 15) is 4.79 Å². The number of carbonyl (C=O) groups is 1. The minimum absolute atomic E-state index is 0.205. The molecule has 2 rings (SSSR count). The summed E-state index contributed by atoms with van der Waals surface area (Å²) in [6.45, 7) is 7.66. The van der Waals surface area contributed by atoms with Crippen LogP contribution >= 0.6 is 0 Å². The maximum Gasteiger partial charge on any atom is 0.303 e. The summed E-state index contributed by atoms with van der Waals surface area (Å²) in [4.78, 5) is 13.1. The molecule has 1 aliphatic heterocycles. The van der Waals surface area contributed by atoms with Crippen LogP contribution in [0.5, 0.6) is 0 Å². The third kappa shape index (κ3) is 2.35. The largest absolute Gasteiger partial charge is 0.481 e. The smallest absolute Gasteiger partial charge is 0.303 e.